The van der Waals surface area contributed by atoms with Gasteiger partial charge in [-0.3, -0.25) is 14.4 Å². The average Bonchev–Trinajstić information content (AvgIpc) is 2.85. The van der Waals surface area contributed by atoms with E-state index in [1.165, 1.54) is 17.7 Å². The van der Waals surface area contributed by atoms with E-state index in [1.54, 1.807) is 13.0 Å². The van der Waals surface area contributed by atoms with Crippen LogP contribution in [0.2, 0.25) is 0 Å². The highest BCUT2D eigenvalue weighted by molar-refractivity contribution is 6.03. The lowest BCUT2D eigenvalue weighted by molar-refractivity contribution is 0.0959. The van der Waals surface area contributed by atoms with Crippen LogP contribution in [-0.2, 0) is 18.4 Å². The Morgan fingerprint density at radius 2 is 1.88 bits per heavy atom. The van der Waals surface area contributed by atoms with Gasteiger partial charge in [-0.2, -0.15) is 5.10 Å². The van der Waals surface area contributed by atoms with Crippen LogP contribution in [0.25, 0.3) is 0 Å². The number of hydrogen-bond donors (Lipinski definition) is 1. The van der Waals surface area contributed by atoms with Crippen LogP contribution in [0.5, 0.6) is 0 Å². The first-order chi connectivity index (χ1) is 11.6. The summed E-state index contributed by atoms with van der Waals surface area (Å²) in [7, 11) is 0. The van der Waals surface area contributed by atoms with Crippen LogP contribution in [0.3, 0.4) is 0 Å². The van der Waals surface area contributed by atoms with Crippen LogP contribution < -0.4 is 5.56 Å². The number of carbonyl (C=O) groups excluding carboxylic acids is 2. The second kappa shape index (κ2) is 6.78. The molecule has 0 aromatic carbocycles. The average molecular weight is 343 g/mol. The molecule has 2 aromatic heterocycles. The molecule has 0 spiro atoms. The minimum absolute atomic E-state index is 0.0744. The number of hydrogen-bond acceptors (Lipinski definition) is 4. The molecule has 0 saturated heterocycles. The van der Waals surface area contributed by atoms with E-state index >= 15 is 0 Å². The number of H-pyrrole nitrogens is 1. The molecule has 2 aromatic rings. The van der Waals surface area contributed by atoms with E-state index in [0.29, 0.717) is 28.9 Å². The maximum Gasteiger partial charge on any atom is 0.267 e. The van der Waals surface area contributed by atoms with Crippen molar-refractivity contribution in [3.63, 3.8) is 0 Å². The smallest absolute Gasteiger partial charge is 0.267 e. The number of ketones is 2. The summed E-state index contributed by atoms with van der Waals surface area (Å²) in [5, 5.41) is 4.33. The quantitative estimate of drug-likeness (QED) is 0.846. The standard InChI is InChI=1S/C19H25N3O3/c1-7-13-17(12(3)23)11(2)20-18(13)14(24)10-22-16(25)9-8-15(21-22)19(4,5)6/h8-9,20H,7,10H2,1-6H3. The van der Waals surface area contributed by atoms with E-state index in [1.807, 2.05) is 27.7 Å². The van der Waals surface area contributed by atoms with Crippen LogP contribution in [-0.4, -0.2) is 26.3 Å². The lowest BCUT2D eigenvalue weighted by Crippen LogP contribution is -2.30. The molecule has 0 aliphatic heterocycles. The van der Waals surface area contributed by atoms with Gasteiger partial charge in [0.15, 0.2) is 5.78 Å². The Hall–Kier alpha value is -2.50. The molecule has 0 fully saturated rings. The fourth-order valence-electron chi connectivity index (χ4n) is 2.92. The maximum atomic E-state index is 12.8. The molecule has 6 nitrogen and oxygen atoms in total. The number of aromatic amines is 1. The van der Waals surface area contributed by atoms with Gasteiger partial charge in [0.2, 0.25) is 5.78 Å². The number of carbonyl (C=O) groups is 2. The highest BCUT2D eigenvalue weighted by atomic mass is 16.1. The van der Waals surface area contributed by atoms with Crippen molar-refractivity contribution in [2.75, 3.05) is 0 Å². The Labute approximate surface area is 147 Å². The highest BCUT2D eigenvalue weighted by Crippen LogP contribution is 2.21. The third kappa shape index (κ3) is 3.78. The van der Waals surface area contributed by atoms with Gasteiger partial charge in [0.1, 0.15) is 6.54 Å². The third-order valence-corrected chi connectivity index (χ3v) is 4.20. The first kappa shape index (κ1) is 18.8. The lowest BCUT2D eigenvalue weighted by Gasteiger charge is -2.18. The number of Topliss-reactive ketones (excluding diaryl/α,β-unsaturated/α-hetero) is 2. The van der Waals surface area contributed by atoms with Gasteiger partial charge in [0.25, 0.3) is 5.56 Å². The molecule has 0 aliphatic rings. The van der Waals surface area contributed by atoms with Crippen molar-refractivity contribution >= 4 is 11.6 Å². The summed E-state index contributed by atoms with van der Waals surface area (Å²) in [6.45, 7) is 11.0. The summed E-state index contributed by atoms with van der Waals surface area (Å²) in [6.07, 6.45) is 0.560. The molecular weight excluding hydrogens is 318 g/mol. The molecule has 0 unspecified atom stereocenters. The van der Waals surface area contributed by atoms with E-state index < -0.39 is 0 Å². The predicted octanol–water partition coefficient (Wildman–Crippen LogP) is 2.83. The third-order valence-electron chi connectivity index (χ3n) is 4.20. The molecule has 0 saturated carbocycles. The van der Waals surface area contributed by atoms with Crippen molar-refractivity contribution in [2.45, 2.75) is 59.9 Å². The summed E-state index contributed by atoms with van der Waals surface area (Å²) >= 11 is 0. The Morgan fingerprint density at radius 3 is 2.40 bits per heavy atom. The van der Waals surface area contributed by atoms with Gasteiger partial charge in [0.05, 0.1) is 11.4 Å². The molecule has 6 heteroatoms. The van der Waals surface area contributed by atoms with Crippen LogP contribution in [0, 0.1) is 6.92 Å². The van der Waals surface area contributed by atoms with Crippen molar-refractivity contribution in [1.29, 1.82) is 0 Å². The van der Waals surface area contributed by atoms with Gasteiger partial charge < -0.3 is 4.98 Å². The van der Waals surface area contributed by atoms with Crippen molar-refractivity contribution in [3.8, 4) is 0 Å². The highest BCUT2D eigenvalue weighted by Gasteiger charge is 2.23. The first-order valence-corrected chi connectivity index (χ1v) is 8.40. The summed E-state index contributed by atoms with van der Waals surface area (Å²) in [6, 6.07) is 3.12. The molecule has 2 rings (SSSR count). The van der Waals surface area contributed by atoms with Crippen LogP contribution in [0.15, 0.2) is 16.9 Å². The second-order valence-corrected chi connectivity index (χ2v) is 7.28. The SMILES string of the molecule is CCc1c(C(=O)Cn2nc(C(C)(C)C)ccc2=O)[nH]c(C)c1C(C)=O. The normalized spacial score (nSPS) is 11.6. The summed E-state index contributed by atoms with van der Waals surface area (Å²) in [5.41, 5.74) is 2.52. The van der Waals surface area contributed by atoms with Crippen molar-refractivity contribution in [2.24, 2.45) is 0 Å². The van der Waals surface area contributed by atoms with Gasteiger partial charge in [-0.05, 0) is 31.9 Å². The van der Waals surface area contributed by atoms with Crippen molar-refractivity contribution < 1.29 is 9.59 Å². The number of aryl methyl sites for hydroxylation is 1. The van der Waals surface area contributed by atoms with Crippen LogP contribution in [0.1, 0.15) is 72.4 Å². The minimum atomic E-state index is -0.325. The second-order valence-electron chi connectivity index (χ2n) is 7.28. The van der Waals surface area contributed by atoms with E-state index in [9.17, 15) is 14.4 Å². The van der Waals surface area contributed by atoms with E-state index in [4.69, 9.17) is 0 Å². The molecule has 0 bridgehead atoms. The molecule has 25 heavy (non-hydrogen) atoms. The van der Waals surface area contributed by atoms with E-state index in [0.717, 1.165) is 5.69 Å². The largest absolute Gasteiger partial charge is 0.355 e. The summed E-state index contributed by atoms with van der Waals surface area (Å²) in [5.74, 6) is -0.331. The van der Waals surface area contributed by atoms with E-state index in [-0.39, 0.29) is 29.1 Å². The number of aromatic nitrogens is 3. The van der Waals surface area contributed by atoms with E-state index in [2.05, 4.69) is 10.1 Å². The van der Waals surface area contributed by atoms with Gasteiger partial charge in [-0.15, -0.1) is 0 Å². The van der Waals surface area contributed by atoms with Gasteiger partial charge in [-0.25, -0.2) is 4.68 Å². The zero-order chi connectivity index (χ0) is 18.9. The molecule has 2 heterocycles. The predicted molar refractivity (Wildman–Crippen MR) is 96.4 cm³/mol. The first-order valence-electron chi connectivity index (χ1n) is 8.40. The fourth-order valence-corrected chi connectivity index (χ4v) is 2.92. The summed E-state index contributed by atoms with van der Waals surface area (Å²) in [4.78, 5) is 39.7. The fraction of sp³-hybridized carbons (Fsp3) is 0.474. The van der Waals surface area contributed by atoms with Crippen molar-refractivity contribution in [3.05, 3.63) is 50.7 Å². The molecule has 0 radical (unpaired) electrons. The Bertz CT molecular complexity index is 882. The number of nitrogens with one attached hydrogen (secondary N) is 1. The monoisotopic (exact) mass is 343 g/mol. The Kier molecular flexibility index (Phi) is 5.11. The van der Waals surface area contributed by atoms with Crippen LogP contribution in [0.4, 0.5) is 0 Å². The van der Waals surface area contributed by atoms with Gasteiger partial charge in [0, 0.05) is 22.7 Å². The molecule has 0 amide bonds. The Balaban J connectivity index is 2.43. The summed E-state index contributed by atoms with van der Waals surface area (Å²) < 4.78 is 1.19. The number of rotatable bonds is 5. The molecule has 0 atom stereocenters. The number of nitrogens with zero attached hydrogens (tertiary/aromatic N) is 2. The molecule has 0 aliphatic carbocycles. The topological polar surface area (TPSA) is 84.8 Å². The zero-order valence-corrected chi connectivity index (χ0v) is 15.7. The minimum Gasteiger partial charge on any atom is -0.355 e. The molecule has 134 valence electrons. The van der Waals surface area contributed by atoms with Crippen molar-refractivity contribution in [1.82, 2.24) is 14.8 Å². The molecular formula is C19H25N3O3. The maximum absolute atomic E-state index is 12.8. The lowest BCUT2D eigenvalue weighted by atomic mass is 9.92. The Morgan fingerprint density at radius 1 is 1.24 bits per heavy atom. The zero-order valence-electron chi connectivity index (χ0n) is 15.7. The van der Waals surface area contributed by atoms with Gasteiger partial charge in [-0.1, -0.05) is 27.7 Å². The molecule has 1 N–H and O–H groups in total. The van der Waals surface area contributed by atoms with Crippen LogP contribution >= 0.6 is 0 Å². The van der Waals surface area contributed by atoms with Gasteiger partial charge >= 0.3 is 0 Å².